The van der Waals surface area contributed by atoms with Crippen molar-refractivity contribution >= 4 is 23.2 Å². The van der Waals surface area contributed by atoms with E-state index in [2.05, 4.69) is 27.4 Å². The molecule has 0 saturated heterocycles. The van der Waals surface area contributed by atoms with E-state index in [4.69, 9.17) is 10.8 Å². The Balaban J connectivity index is 2.12. The molecule has 120 valence electrons. The number of carboxylic acid groups (broad SMARTS) is 1. The first kappa shape index (κ1) is 15.1. The lowest BCUT2D eigenvalue weighted by Gasteiger charge is -2.32. The van der Waals surface area contributed by atoms with Crippen LogP contribution in [0.4, 0.5) is 11.6 Å². The molecule has 4 N–H and O–H groups in total. The number of nitrogens with one attached hydrogen (secondary N) is 1. The average molecular weight is 313 g/mol. The highest BCUT2D eigenvalue weighted by Crippen LogP contribution is 2.39. The van der Waals surface area contributed by atoms with E-state index in [1.165, 1.54) is 6.33 Å². The lowest BCUT2D eigenvalue weighted by atomic mass is 9.93. The van der Waals surface area contributed by atoms with Gasteiger partial charge >= 0.3 is 5.97 Å². The summed E-state index contributed by atoms with van der Waals surface area (Å²) in [6.07, 6.45) is 9.39. The van der Waals surface area contributed by atoms with Gasteiger partial charge in [0.2, 0.25) is 0 Å². The van der Waals surface area contributed by atoms with Gasteiger partial charge in [-0.1, -0.05) is 12.2 Å². The van der Waals surface area contributed by atoms with Crippen LogP contribution in [0, 0.1) is 0 Å². The molecule has 0 spiro atoms. The summed E-state index contributed by atoms with van der Waals surface area (Å²) >= 11 is 0. The van der Waals surface area contributed by atoms with Gasteiger partial charge in [-0.3, -0.25) is 4.79 Å². The molecule has 7 heteroatoms. The van der Waals surface area contributed by atoms with E-state index in [-0.39, 0.29) is 6.54 Å². The summed E-state index contributed by atoms with van der Waals surface area (Å²) in [4.78, 5) is 21.2. The zero-order chi connectivity index (χ0) is 16.4. The number of nitrogens with two attached hydrogens (primary N) is 1. The molecule has 0 fully saturated rings. The summed E-state index contributed by atoms with van der Waals surface area (Å²) in [5, 5.41) is 12.4. The molecule has 0 saturated carbocycles. The van der Waals surface area contributed by atoms with Crippen molar-refractivity contribution in [1.29, 1.82) is 0 Å². The summed E-state index contributed by atoms with van der Waals surface area (Å²) in [7, 11) is 0. The maximum absolute atomic E-state index is 11.1. The third-order valence-electron chi connectivity index (χ3n) is 3.89. The van der Waals surface area contributed by atoms with Crippen molar-refractivity contribution in [1.82, 2.24) is 15.3 Å². The fourth-order valence-electron chi connectivity index (χ4n) is 2.97. The molecule has 3 heterocycles. The Hall–Kier alpha value is -2.83. The third-order valence-corrected chi connectivity index (χ3v) is 3.89. The smallest absolute Gasteiger partial charge is 0.323 e. The summed E-state index contributed by atoms with van der Waals surface area (Å²) in [6, 6.07) is 0. The van der Waals surface area contributed by atoms with Crippen LogP contribution in [-0.4, -0.2) is 34.1 Å². The summed E-state index contributed by atoms with van der Waals surface area (Å²) in [5.41, 5.74) is 9.77. The van der Waals surface area contributed by atoms with Crippen molar-refractivity contribution < 1.29 is 9.90 Å². The first-order chi connectivity index (χ1) is 11.1. The Morgan fingerprint density at radius 3 is 3.04 bits per heavy atom. The topological polar surface area (TPSA) is 104 Å². The van der Waals surface area contributed by atoms with Gasteiger partial charge in [-0.25, -0.2) is 9.97 Å². The summed E-state index contributed by atoms with van der Waals surface area (Å²) < 4.78 is 0. The quantitative estimate of drug-likeness (QED) is 0.777. The predicted molar refractivity (Wildman–Crippen MR) is 88.5 cm³/mol. The highest BCUT2D eigenvalue weighted by molar-refractivity contribution is 5.94. The normalized spacial score (nSPS) is 17.3. The number of hydrogen-bond donors (Lipinski definition) is 3. The molecule has 2 aliphatic rings. The molecule has 2 aliphatic heterocycles. The number of rotatable bonds is 3. The number of anilines is 2. The second-order valence-corrected chi connectivity index (χ2v) is 5.60. The predicted octanol–water partition coefficient (Wildman–Crippen LogP) is 1.52. The van der Waals surface area contributed by atoms with Crippen LogP contribution in [0.15, 0.2) is 35.9 Å². The Labute approximate surface area is 134 Å². The maximum Gasteiger partial charge on any atom is 0.323 e. The van der Waals surface area contributed by atoms with Gasteiger partial charge in [-0.15, -0.1) is 0 Å². The van der Waals surface area contributed by atoms with E-state index in [1.54, 1.807) is 4.90 Å². The molecule has 0 aromatic carbocycles. The van der Waals surface area contributed by atoms with Gasteiger partial charge in [0.25, 0.3) is 0 Å². The Morgan fingerprint density at radius 1 is 1.43 bits per heavy atom. The Bertz CT molecular complexity index is 736. The van der Waals surface area contributed by atoms with E-state index in [0.29, 0.717) is 23.7 Å². The minimum Gasteiger partial charge on any atom is -0.480 e. The second kappa shape index (κ2) is 6.12. The summed E-state index contributed by atoms with van der Waals surface area (Å²) in [6.45, 7) is 2.35. The van der Waals surface area contributed by atoms with Crippen LogP contribution in [0.5, 0.6) is 0 Å². The molecule has 0 unspecified atom stereocenters. The van der Waals surface area contributed by atoms with Crippen molar-refractivity contribution in [2.45, 2.75) is 19.8 Å². The minimum atomic E-state index is -0.904. The fourth-order valence-corrected chi connectivity index (χ4v) is 2.97. The average Bonchev–Trinajstić information content (AvgIpc) is 2.77. The molecule has 1 aromatic rings. The van der Waals surface area contributed by atoms with Crippen LogP contribution in [0.2, 0.25) is 0 Å². The molecule has 1 aromatic heterocycles. The number of aliphatic carboxylic acids is 1. The Morgan fingerprint density at radius 2 is 2.26 bits per heavy atom. The number of allylic oxidation sites excluding steroid dienone is 3. The first-order valence-corrected chi connectivity index (χ1v) is 7.47. The number of nitrogen functional groups attached to an aromatic ring is 1. The number of aromatic nitrogens is 2. The van der Waals surface area contributed by atoms with Crippen LogP contribution in [0.25, 0.3) is 5.57 Å². The van der Waals surface area contributed by atoms with Crippen molar-refractivity contribution in [3.8, 4) is 0 Å². The van der Waals surface area contributed by atoms with Gasteiger partial charge in [0.05, 0.1) is 5.56 Å². The van der Waals surface area contributed by atoms with Crippen LogP contribution in [0.1, 0.15) is 25.3 Å². The van der Waals surface area contributed by atoms with Gasteiger partial charge in [-0.2, -0.15) is 0 Å². The second-order valence-electron chi connectivity index (χ2n) is 5.60. The van der Waals surface area contributed by atoms with E-state index in [1.807, 2.05) is 13.1 Å². The van der Waals surface area contributed by atoms with Gasteiger partial charge in [0, 0.05) is 17.8 Å². The largest absolute Gasteiger partial charge is 0.480 e. The minimum absolute atomic E-state index is 0.125. The molecular formula is C16H19N5O2. The molecule has 3 rings (SSSR count). The van der Waals surface area contributed by atoms with Crippen LogP contribution in [-0.2, 0) is 4.79 Å². The van der Waals surface area contributed by atoms with Crippen molar-refractivity contribution in [2.75, 3.05) is 23.7 Å². The lowest BCUT2D eigenvalue weighted by molar-refractivity contribution is -0.135. The summed E-state index contributed by atoms with van der Waals surface area (Å²) in [5.74, 6) is 0.0194. The molecule has 23 heavy (non-hydrogen) atoms. The van der Waals surface area contributed by atoms with Crippen molar-refractivity contribution in [3.63, 3.8) is 0 Å². The zero-order valence-electron chi connectivity index (χ0n) is 12.9. The SMILES string of the molecule is CC1=C(C2=CCCC=CN2)c2c(N)ncnc2N(CC(=O)O)C1. The lowest BCUT2D eigenvalue weighted by Crippen LogP contribution is -2.36. The standard InChI is InChI=1S/C16H19N5O2/c1-10-7-21(8-12(22)23)16-14(15(17)19-9-20-16)13(10)11-5-3-2-4-6-18-11/h4-6,9,18H,2-3,7-8H2,1H3,(H,22,23)(H2,17,19,20). The van der Waals surface area contributed by atoms with E-state index >= 15 is 0 Å². The molecule has 0 bridgehead atoms. The number of hydrogen-bond acceptors (Lipinski definition) is 6. The molecule has 7 nitrogen and oxygen atoms in total. The molecule has 0 amide bonds. The Kier molecular flexibility index (Phi) is 4.01. The highest BCUT2D eigenvalue weighted by Gasteiger charge is 2.29. The number of nitrogens with zero attached hydrogens (tertiary/aromatic N) is 3. The van der Waals surface area contributed by atoms with Crippen LogP contribution >= 0.6 is 0 Å². The van der Waals surface area contributed by atoms with Gasteiger partial charge in [0.1, 0.15) is 24.5 Å². The van der Waals surface area contributed by atoms with Gasteiger partial charge in [0.15, 0.2) is 0 Å². The maximum atomic E-state index is 11.1. The molecule has 0 radical (unpaired) electrons. The van der Waals surface area contributed by atoms with Gasteiger partial charge < -0.3 is 21.1 Å². The van der Waals surface area contributed by atoms with E-state index in [0.717, 1.165) is 29.7 Å². The van der Waals surface area contributed by atoms with E-state index in [9.17, 15) is 4.79 Å². The molecule has 0 aliphatic carbocycles. The molecular weight excluding hydrogens is 294 g/mol. The van der Waals surface area contributed by atoms with Crippen LogP contribution in [0.3, 0.4) is 0 Å². The van der Waals surface area contributed by atoms with Gasteiger partial charge in [-0.05, 0) is 31.5 Å². The van der Waals surface area contributed by atoms with Crippen LogP contribution < -0.4 is 16.0 Å². The molecule has 0 atom stereocenters. The number of fused-ring (bicyclic) bond motifs is 1. The van der Waals surface area contributed by atoms with Crippen molar-refractivity contribution in [3.05, 3.63) is 41.5 Å². The first-order valence-electron chi connectivity index (χ1n) is 7.47. The fraction of sp³-hybridized carbons (Fsp3) is 0.312. The van der Waals surface area contributed by atoms with E-state index < -0.39 is 5.97 Å². The number of carboxylic acids is 1. The zero-order valence-corrected chi connectivity index (χ0v) is 12.9. The monoisotopic (exact) mass is 313 g/mol. The highest BCUT2D eigenvalue weighted by atomic mass is 16.4. The third kappa shape index (κ3) is 2.90. The number of carbonyl (C=O) groups is 1. The van der Waals surface area contributed by atoms with Crippen molar-refractivity contribution in [2.24, 2.45) is 0 Å².